The molecule has 0 radical (unpaired) electrons. The van der Waals surface area contributed by atoms with Crippen molar-refractivity contribution in [2.45, 2.75) is 94.6 Å². The van der Waals surface area contributed by atoms with Gasteiger partial charge in [0.15, 0.2) is 5.96 Å². The molecule has 1 aromatic carbocycles. The highest BCUT2D eigenvalue weighted by molar-refractivity contribution is 14.0. The van der Waals surface area contributed by atoms with Crippen LogP contribution in [-0.2, 0) is 11.3 Å². The summed E-state index contributed by atoms with van der Waals surface area (Å²) in [5.41, 5.74) is 1.82. The monoisotopic (exact) mass is 550 g/mol. The summed E-state index contributed by atoms with van der Waals surface area (Å²) in [5, 5.41) is 7.75. The van der Waals surface area contributed by atoms with E-state index in [2.05, 4.69) is 50.9 Å². The third kappa shape index (κ3) is 3.88. The fourth-order valence-corrected chi connectivity index (χ4v) is 7.86. The van der Waals surface area contributed by atoms with E-state index in [0.717, 1.165) is 19.1 Å². The van der Waals surface area contributed by atoms with E-state index in [4.69, 9.17) is 4.74 Å². The quantitative estimate of drug-likeness (QED) is 0.333. The number of hydrogen-bond donors (Lipinski definition) is 2. The SMILES string of the molecule is CN=C(NC1CC2CCC(C1)N2Cc1ccccc1)NC1C2CCOC2C12CCCC2.I. The minimum Gasteiger partial charge on any atom is -0.377 e. The summed E-state index contributed by atoms with van der Waals surface area (Å²) in [4.78, 5) is 7.44. The van der Waals surface area contributed by atoms with Crippen molar-refractivity contribution < 1.29 is 4.74 Å². The number of piperidine rings is 1. The molecule has 6 rings (SSSR count). The molecule has 176 valence electrons. The number of rotatable bonds is 4. The van der Waals surface area contributed by atoms with Crippen LogP contribution in [0.4, 0.5) is 0 Å². The van der Waals surface area contributed by atoms with Crippen LogP contribution >= 0.6 is 24.0 Å². The van der Waals surface area contributed by atoms with Gasteiger partial charge in [0.25, 0.3) is 0 Å². The lowest BCUT2D eigenvalue weighted by Gasteiger charge is -2.57. The van der Waals surface area contributed by atoms with Crippen molar-refractivity contribution in [2.24, 2.45) is 16.3 Å². The maximum Gasteiger partial charge on any atom is 0.191 e. The highest BCUT2D eigenvalue weighted by atomic mass is 127. The molecule has 5 unspecified atom stereocenters. The molecule has 3 saturated heterocycles. The molecule has 5 nitrogen and oxygen atoms in total. The minimum atomic E-state index is 0. The van der Waals surface area contributed by atoms with Gasteiger partial charge in [-0.1, -0.05) is 43.2 Å². The van der Waals surface area contributed by atoms with E-state index in [-0.39, 0.29) is 24.0 Å². The van der Waals surface area contributed by atoms with Crippen LogP contribution in [0.3, 0.4) is 0 Å². The fraction of sp³-hybridized carbons (Fsp3) is 0.731. The summed E-state index contributed by atoms with van der Waals surface area (Å²) in [7, 11) is 1.94. The molecule has 0 aromatic heterocycles. The van der Waals surface area contributed by atoms with Crippen LogP contribution in [0.5, 0.6) is 0 Å². The summed E-state index contributed by atoms with van der Waals surface area (Å²) >= 11 is 0. The molecule has 32 heavy (non-hydrogen) atoms. The molecule has 5 fully saturated rings. The molecule has 5 atom stereocenters. The molecule has 3 aliphatic heterocycles. The number of guanidine groups is 1. The lowest BCUT2D eigenvalue weighted by atomic mass is 9.54. The molecular weight excluding hydrogens is 511 g/mol. The van der Waals surface area contributed by atoms with Gasteiger partial charge in [0.2, 0.25) is 0 Å². The number of nitrogens with one attached hydrogen (secondary N) is 2. The molecule has 1 aromatic rings. The first-order valence-electron chi connectivity index (χ1n) is 12.7. The van der Waals surface area contributed by atoms with E-state index in [0.29, 0.717) is 41.6 Å². The van der Waals surface area contributed by atoms with E-state index < -0.39 is 0 Å². The number of aliphatic imine (C=N–C) groups is 1. The van der Waals surface area contributed by atoms with Crippen molar-refractivity contribution in [1.82, 2.24) is 15.5 Å². The average Bonchev–Trinajstić information content (AvgIpc) is 3.50. The van der Waals surface area contributed by atoms with Gasteiger partial charge in [0.05, 0.1) is 6.10 Å². The lowest BCUT2D eigenvalue weighted by molar-refractivity contribution is -0.125. The van der Waals surface area contributed by atoms with Crippen molar-refractivity contribution in [2.75, 3.05) is 13.7 Å². The number of hydrogen-bond acceptors (Lipinski definition) is 3. The second-order valence-electron chi connectivity index (χ2n) is 10.7. The second-order valence-corrected chi connectivity index (χ2v) is 10.7. The first-order chi connectivity index (χ1) is 15.3. The molecule has 5 aliphatic rings. The molecule has 1 spiro atoms. The molecule has 2 N–H and O–H groups in total. The Morgan fingerprint density at radius 1 is 1.06 bits per heavy atom. The molecule has 2 bridgehead atoms. The zero-order valence-electron chi connectivity index (χ0n) is 19.3. The van der Waals surface area contributed by atoms with Gasteiger partial charge in [-0.15, -0.1) is 24.0 Å². The van der Waals surface area contributed by atoms with Gasteiger partial charge < -0.3 is 15.4 Å². The Morgan fingerprint density at radius 3 is 2.47 bits per heavy atom. The van der Waals surface area contributed by atoms with Crippen LogP contribution in [0.2, 0.25) is 0 Å². The topological polar surface area (TPSA) is 48.9 Å². The Balaban J connectivity index is 0.00000216. The first kappa shape index (κ1) is 22.9. The van der Waals surface area contributed by atoms with Crippen LogP contribution < -0.4 is 10.6 Å². The minimum absolute atomic E-state index is 0. The third-order valence-corrected chi connectivity index (χ3v) is 9.24. The van der Waals surface area contributed by atoms with Crippen molar-refractivity contribution in [3.63, 3.8) is 0 Å². The van der Waals surface area contributed by atoms with Crippen LogP contribution in [0.25, 0.3) is 0 Å². The highest BCUT2D eigenvalue weighted by Gasteiger charge is 2.65. The van der Waals surface area contributed by atoms with Gasteiger partial charge >= 0.3 is 0 Å². The van der Waals surface area contributed by atoms with Gasteiger partial charge in [0.1, 0.15) is 0 Å². The number of benzene rings is 1. The number of fused-ring (bicyclic) bond motifs is 4. The van der Waals surface area contributed by atoms with Gasteiger partial charge in [-0.25, -0.2) is 0 Å². The van der Waals surface area contributed by atoms with Crippen molar-refractivity contribution in [3.05, 3.63) is 35.9 Å². The number of nitrogens with zero attached hydrogens (tertiary/aromatic N) is 2. The third-order valence-electron chi connectivity index (χ3n) is 9.24. The van der Waals surface area contributed by atoms with E-state index >= 15 is 0 Å². The number of ether oxygens (including phenoxy) is 1. The largest absolute Gasteiger partial charge is 0.377 e. The highest BCUT2D eigenvalue weighted by Crippen LogP contribution is 2.60. The fourth-order valence-electron chi connectivity index (χ4n) is 7.86. The Morgan fingerprint density at radius 2 is 1.78 bits per heavy atom. The van der Waals surface area contributed by atoms with Crippen LogP contribution in [0.15, 0.2) is 35.3 Å². The maximum absolute atomic E-state index is 6.18. The smallest absolute Gasteiger partial charge is 0.191 e. The maximum atomic E-state index is 6.18. The van der Waals surface area contributed by atoms with Crippen molar-refractivity contribution in [3.8, 4) is 0 Å². The summed E-state index contributed by atoms with van der Waals surface area (Å²) in [6, 6.07) is 13.5. The average molecular weight is 551 g/mol. The Labute approximate surface area is 210 Å². The van der Waals surface area contributed by atoms with Crippen LogP contribution in [0.1, 0.15) is 63.4 Å². The summed E-state index contributed by atoms with van der Waals surface area (Å²) < 4.78 is 6.18. The van der Waals surface area contributed by atoms with Gasteiger partial charge in [-0.05, 0) is 50.5 Å². The molecule has 3 heterocycles. The zero-order chi connectivity index (χ0) is 20.8. The standard InChI is InChI=1S/C26H38N4O.HI/c1-27-25(29-23-22-11-14-31-24(22)26(23)12-5-6-13-26)28-19-15-20-9-10-21(16-19)30(20)17-18-7-3-2-4-8-18;/h2-4,7-8,19-24H,5-6,9-17H2,1H3,(H2,27,28,29);1H. The molecule has 6 heteroatoms. The van der Waals surface area contributed by atoms with Crippen LogP contribution in [-0.4, -0.2) is 54.8 Å². The van der Waals surface area contributed by atoms with E-state index in [1.54, 1.807) is 0 Å². The normalized spacial score (nSPS) is 37.6. The van der Waals surface area contributed by atoms with Crippen LogP contribution in [0, 0.1) is 11.3 Å². The molecule has 2 aliphatic carbocycles. The predicted octanol–water partition coefficient (Wildman–Crippen LogP) is 4.31. The van der Waals surface area contributed by atoms with Gasteiger partial charge in [0, 0.05) is 55.7 Å². The predicted molar refractivity (Wildman–Crippen MR) is 139 cm³/mol. The molecular formula is C26H39IN4O. The van der Waals surface area contributed by atoms with E-state index in [9.17, 15) is 0 Å². The summed E-state index contributed by atoms with van der Waals surface area (Å²) in [6.07, 6.45) is 12.2. The Bertz CT molecular complexity index is 797. The molecule has 0 amide bonds. The summed E-state index contributed by atoms with van der Waals surface area (Å²) in [5.74, 6) is 1.71. The lowest BCUT2D eigenvalue weighted by Crippen LogP contribution is -2.69. The van der Waals surface area contributed by atoms with E-state index in [1.165, 1.54) is 63.4 Å². The zero-order valence-corrected chi connectivity index (χ0v) is 21.7. The summed E-state index contributed by atoms with van der Waals surface area (Å²) in [6.45, 7) is 2.05. The van der Waals surface area contributed by atoms with Gasteiger partial charge in [-0.3, -0.25) is 9.89 Å². The number of halogens is 1. The van der Waals surface area contributed by atoms with Crippen molar-refractivity contribution in [1.29, 1.82) is 0 Å². The van der Waals surface area contributed by atoms with E-state index in [1.807, 2.05) is 7.05 Å². The Kier molecular flexibility index (Phi) is 6.74. The second kappa shape index (κ2) is 9.41. The van der Waals surface area contributed by atoms with Crippen molar-refractivity contribution >= 4 is 29.9 Å². The first-order valence-corrected chi connectivity index (χ1v) is 12.7. The van der Waals surface area contributed by atoms with Gasteiger partial charge in [-0.2, -0.15) is 0 Å². The molecule has 2 saturated carbocycles. The Hall–Kier alpha value is -0.860.